The Balaban J connectivity index is 0.000000186. The lowest BCUT2D eigenvalue weighted by atomic mass is 10.0. The predicted molar refractivity (Wildman–Crippen MR) is 132 cm³/mol. The summed E-state index contributed by atoms with van der Waals surface area (Å²) in [5, 5.41) is 0. The van der Waals surface area contributed by atoms with E-state index < -0.39 is 0 Å². The molecule has 0 spiro atoms. The second-order valence-corrected chi connectivity index (χ2v) is 6.95. The minimum absolute atomic E-state index is 0.0114. The first-order valence-electron chi connectivity index (χ1n) is 10.4. The summed E-state index contributed by atoms with van der Waals surface area (Å²) in [5.74, 6) is 0.0638. The van der Waals surface area contributed by atoms with Crippen molar-refractivity contribution in [1.29, 1.82) is 0 Å². The first-order chi connectivity index (χ1) is 15.7. The van der Waals surface area contributed by atoms with Gasteiger partial charge in [0.05, 0.1) is 0 Å². The lowest BCUT2D eigenvalue weighted by Crippen LogP contribution is -1.99. The van der Waals surface area contributed by atoms with Crippen LogP contribution in [0.15, 0.2) is 133 Å². The monoisotopic (exact) mass is 416 g/mol. The third-order valence-electron chi connectivity index (χ3n) is 4.55. The Morgan fingerprint density at radius 3 is 1.09 bits per heavy atom. The van der Waals surface area contributed by atoms with Crippen molar-refractivity contribution >= 4 is 23.7 Å². The van der Waals surface area contributed by atoms with Gasteiger partial charge in [-0.2, -0.15) is 0 Å². The van der Waals surface area contributed by atoms with Crippen molar-refractivity contribution in [3.63, 3.8) is 0 Å². The third kappa shape index (κ3) is 7.51. The third-order valence-corrected chi connectivity index (χ3v) is 4.55. The zero-order valence-electron chi connectivity index (χ0n) is 17.7. The molecule has 0 atom stereocenters. The van der Waals surface area contributed by atoms with Crippen LogP contribution in [0, 0.1) is 0 Å². The fraction of sp³-hybridized carbons (Fsp3) is 0. The summed E-state index contributed by atoms with van der Waals surface area (Å²) >= 11 is 0. The fourth-order valence-electron chi connectivity index (χ4n) is 2.89. The zero-order chi connectivity index (χ0) is 22.4. The Labute approximate surface area is 189 Å². The highest BCUT2D eigenvalue weighted by Gasteiger charge is 2.06. The second kappa shape index (κ2) is 12.4. The summed E-state index contributed by atoms with van der Waals surface area (Å²) in [7, 11) is 0. The van der Waals surface area contributed by atoms with Gasteiger partial charge in [-0.15, -0.1) is 0 Å². The first-order valence-corrected chi connectivity index (χ1v) is 10.4. The second-order valence-electron chi connectivity index (χ2n) is 6.95. The number of carbonyl (C=O) groups is 2. The summed E-state index contributed by atoms with van der Waals surface area (Å²) in [6, 6.07) is 38.2. The summed E-state index contributed by atoms with van der Waals surface area (Å²) in [5.41, 5.74) is 3.52. The number of hydrogen-bond donors (Lipinski definition) is 0. The molecule has 0 saturated heterocycles. The van der Waals surface area contributed by atoms with Gasteiger partial charge in [0, 0.05) is 11.1 Å². The summed E-state index contributed by atoms with van der Waals surface area (Å²) < 4.78 is 0. The van der Waals surface area contributed by atoms with Crippen LogP contribution in [-0.4, -0.2) is 11.6 Å². The van der Waals surface area contributed by atoms with Crippen LogP contribution < -0.4 is 0 Å². The average molecular weight is 417 g/mol. The van der Waals surface area contributed by atoms with Gasteiger partial charge in [0.2, 0.25) is 0 Å². The Morgan fingerprint density at radius 1 is 0.438 bits per heavy atom. The van der Waals surface area contributed by atoms with Gasteiger partial charge in [0.15, 0.2) is 11.6 Å². The van der Waals surface area contributed by atoms with Crippen molar-refractivity contribution in [2.75, 3.05) is 0 Å². The maximum atomic E-state index is 11.8. The average Bonchev–Trinajstić information content (AvgIpc) is 2.88. The van der Waals surface area contributed by atoms with E-state index >= 15 is 0 Å². The van der Waals surface area contributed by atoms with Crippen LogP contribution in [0.2, 0.25) is 0 Å². The van der Waals surface area contributed by atoms with Gasteiger partial charge in [-0.25, -0.2) is 0 Å². The molecule has 4 aromatic carbocycles. The van der Waals surface area contributed by atoms with Crippen molar-refractivity contribution in [2.45, 2.75) is 0 Å². The lowest BCUT2D eigenvalue weighted by Gasteiger charge is -1.99. The van der Waals surface area contributed by atoms with Crippen LogP contribution in [0.3, 0.4) is 0 Å². The summed E-state index contributed by atoms with van der Waals surface area (Å²) in [4.78, 5) is 23.5. The Hall–Kier alpha value is -4.30. The fourth-order valence-corrected chi connectivity index (χ4v) is 2.89. The highest BCUT2D eigenvalue weighted by Crippen LogP contribution is 2.08. The maximum Gasteiger partial charge on any atom is 0.193 e. The molecule has 2 nitrogen and oxygen atoms in total. The van der Waals surface area contributed by atoms with Gasteiger partial charge in [-0.1, -0.05) is 133 Å². The van der Waals surface area contributed by atoms with E-state index in [0.29, 0.717) is 0 Å². The van der Waals surface area contributed by atoms with Crippen molar-refractivity contribution in [2.24, 2.45) is 0 Å². The van der Waals surface area contributed by atoms with E-state index in [1.165, 1.54) is 0 Å². The van der Waals surface area contributed by atoms with E-state index in [0.717, 1.165) is 22.3 Å². The van der Waals surface area contributed by atoms with Gasteiger partial charge in [0.25, 0.3) is 0 Å². The Morgan fingerprint density at radius 2 is 0.750 bits per heavy atom. The van der Waals surface area contributed by atoms with Crippen LogP contribution in [0.4, 0.5) is 0 Å². The molecule has 0 N–H and O–H groups in total. The first kappa shape index (κ1) is 22.4. The molecule has 0 radical (unpaired) electrons. The normalized spacial score (nSPS) is 10.5. The van der Waals surface area contributed by atoms with Crippen LogP contribution in [0.5, 0.6) is 0 Å². The number of ketones is 2. The van der Waals surface area contributed by atoms with Gasteiger partial charge in [0.1, 0.15) is 0 Å². The topological polar surface area (TPSA) is 34.1 Å². The quantitative estimate of drug-likeness (QED) is 0.253. The highest BCUT2D eigenvalue weighted by atomic mass is 16.1. The van der Waals surface area contributed by atoms with E-state index in [4.69, 9.17) is 0 Å². The SMILES string of the molecule is O=C(C=Cc1ccccc1)C=Cc1ccccc1.O=C(c1ccccc1)c1ccccc1. The molecular formula is C30H24O2. The molecule has 0 aromatic heterocycles. The minimum atomic E-state index is -0.0114. The number of rotatable bonds is 6. The molecule has 0 saturated carbocycles. The minimum Gasteiger partial charge on any atom is -0.290 e. The number of carbonyl (C=O) groups excluding carboxylic acids is 2. The molecule has 2 heteroatoms. The smallest absolute Gasteiger partial charge is 0.193 e. The molecule has 0 bridgehead atoms. The van der Waals surface area contributed by atoms with E-state index in [1.807, 2.05) is 133 Å². The molecule has 0 unspecified atom stereocenters. The van der Waals surface area contributed by atoms with Gasteiger partial charge in [-0.3, -0.25) is 9.59 Å². The molecule has 0 aliphatic heterocycles. The van der Waals surface area contributed by atoms with Crippen molar-refractivity contribution in [3.05, 3.63) is 156 Å². The molecular weight excluding hydrogens is 392 g/mol. The van der Waals surface area contributed by atoms with E-state index in [1.54, 1.807) is 12.2 Å². The highest BCUT2D eigenvalue weighted by molar-refractivity contribution is 6.08. The Bertz CT molecular complexity index is 1070. The number of allylic oxidation sites excluding steroid dienone is 2. The van der Waals surface area contributed by atoms with Crippen LogP contribution in [0.1, 0.15) is 27.0 Å². The molecule has 32 heavy (non-hydrogen) atoms. The largest absolute Gasteiger partial charge is 0.290 e. The van der Waals surface area contributed by atoms with Crippen molar-refractivity contribution in [3.8, 4) is 0 Å². The van der Waals surface area contributed by atoms with E-state index in [9.17, 15) is 9.59 Å². The van der Waals surface area contributed by atoms with Gasteiger partial charge < -0.3 is 0 Å². The van der Waals surface area contributed by atoms with Gasteiger partial charge in [-0.05, 0) is 23.3 Å². The molecule has 0 aliphatic carbocycles. The molecule has 0 fully saturated rings. The maximum absolute atomic E-state index is 11.8. The lowest BCUT2D eigenvalue weighted by molar-refractivity contribution is -0.110. The number of benzene rings is 4. The van der Waals surface area contributed by atoms with Crippen molar-refractivity contribution < 1.29 is 9.59 Å². The van der Waals surface area contributed by atoms with Crippen LogP contribution in [-0.2, 0) is 4.79 Å². The molecule has 0 heterocycles. The molecule has 0 amide bonds. The van der Waals surface area contributed by atoms with Crippen molar-refractivity contribution in [1.82, 2.24) is 0 Å². The Kier molecular flexibility index (Phi) is 8.68. The predicted octanol–water partition coefficient (Wildman–Crippen LogP) is 6.90. The summed E-state index contributed by atoms with van der Waals surface area (Å²) in [6.45, 7) is 0. The standard InChI is InChI=1S/C17H14O.C13H10O/c18-17(13-11-15-7-3-1-4-8-15)14-12-16-9-5-2-6-10-16;14-13(11-7-3-1-4-8-11)12-9-5-2-6-10-12/h1-14H;1-10H. The molecule has 156 valence electrons. The summed E-state index contributed by atoms with van der Waals surface area (Å²) in [6.07, 6.45) is 6.79. The molecule has 4 aromatic rings. The van der Waals surface area contributed by atoms with Crippen LogP contribution in [0.25, 0.3) is 12.2 Å². The van der Waals surface area contributed by atoms with E-state index in [-0.39, 0.29) is 11.6 Å². The number of hydrogen-bond acceptors (Lipinski definition) is 2. The van der Waals surface area contributed by atoms with E-state index in [2.05, 4.69) is 0 Å². The zero-order valence-corrected chi connectivity index (χ0v) is 17.7. The molecule has 0 aliphatic rings. The van der Waals surface area contributed by atoms with Gasteiger partial charge >= 0.3 is 0 Å². The molecule has 4 rings (SSSR count). The van der Waals surface area contributed by atoms with Crippen LogP contribution >= 0.6 is 0 Å².